The van der Waals surface area contributed by atoms with Crippen LogP contribution in [0.15, 0.2) is 98.1 Å². The van der Waals surface area contributed by atoms with Gasteiger partial charge in [0.1, 0.15) is 0 Å². The number of hydrogen-bond donors (Lipinski definition) is 0. The van der Waals surface area contributed by atoms with Crippen LogP contribution in [0.4, 0.5) is 0 Å². The van der Waals surface area contributed by atoms with Crippen molar-refractivity contribution in [2.24, 2.45) is 0 Å². The molecule has 2 aliphatic heterocycles. The molecule has 0 saturated heterocycles. The Hall–Kier alpha value is -3.31. The first-order valence-electron chi connectivity index (χ1n) is 10.0. The Balaban J connectivity index is 1.32. The van der Waals surface area contributed by atoms with Crippen molar-refractivity contribution in [3.05, 3.63) is 127 Å². The first-order chi connectivity index (χ1) is 15.2. The molecular formula is C28H18IO2-. The van der Waals surface area contributed by atoms with E-state index in [2.05, 4.69) is 61.7 Å². The van der Waals surface area contributed by atoms with Gasteiger partial charge in [0.25, 0.3) is 0 Å². The van der Waals surface area contributed by atoms with Gasteiger partial charge in [0.15, 0.2) is 0 Å². The van der Waals surface area contributed by atoms with Crippen LogP contribution in [-0.4, -0.2) is 0 Å². The monoisotopic (exact) mass is 513 g/mol. The number of halogens is 1. The molecule has 31 heavy (non-hydrogen) atoms. The Kier molecular flexibility index (Phi) is 4.25. The average Bonchev–Trinajstić information content (AvgIpc) is 2.80. The van der Waals surface area contributed by atoms with E-state index in [9.17, 15) is 0 Å². The zero-order valence-electron chi connectivity index (χ0n) is 16.7. The molecule has 2 nitrogen and oxygen atoms in total. The predicted octanol–water partition coefficient (Wildman–Crippen LogP) is 4.15. The van der Waals surface area contributed by atoms with Crippen molar-refractivity contribution in [3.63, 3.8) is 0 Å². The molecule has 0 N–H and O–H groups in total. The zero-order valence-corrected chi connectivity index (χ0v) is 18.8. The summed E-state index contributed by atoms with van der Waals surface area (Å²) in [5, 5.41) is 0. The Morgan fingerprint density at radius 1 is 0.484 bits per heavy atom. The summed E-state index contributed by atoms with van der Waals surface area (Å²) in [5.74, 6) is 3.49. The van der Waals surface area contributed by atoms with Gasteiger partial charge in [-0.3, -0.25) is 0 Å². The summed E-state index contributed by atoms with van der Waals surface area (Å²) in [4.78, 5) is 0. The van der Waals surface area contributed by atoms with Gasteiger partial charge in [-0.2, -0.15) is 0 Å². The van der Waals surface area contributed by atoms with Gasteiger partial charge in [-0.05, 0) is 0 Å². The van der Waals surface area contributed by atoms with Crippen LogP contribution in [0.1, 0.15) is 22.3 Å². The molecule has 3 heteroatoms. The van der Waals surface area contributed by atoms with Crippen molar-refractivity contribution < 1.29 is 30.7 Å². The van der Waals surface area contributed by atoms with Crippen molar-refractivity contribution in [2.45, 2.75) is 0 Å². The van der Waals surface area contributed by atoms with Crippen LogP contribution in [0.3, 0.4) is 0 Å². The molecule has 0 aliphatic carbocycles. The number of ether oxygens (including phenoxy) is 2. The second-order valence-corrected chi connectivity index (χ2v) is 10.6. The predicted molar refractivity (Wildman–Crippen MR) is 120 cm³/mol. The number of para-hydroxylation sites is 2. The Labute approximate surface area is 191 Å². The first-order valence-corrected chi connectivity index (χ1v) is 12.2. The van der Waals surface area contributed by atoms with Crippen LogP contribution in [0.2, 0.25) is 0 Å². The minimum atomic E-state index is -0.374. The van der Waals surface area contributed by atoms with Gasteiger partial charge in [0.2, 0.25) is 0 Å². The van der Waals surface area contributed by atoms with Crippen LogP contribution < -0.4 is 30.7 Å². The second-order valence-electron chi connectivity index (χ2n) is 7.53. The molecule has 0 bridgehead atoms. The topological polar surface area (TPSA) is 18.5 Å². The SMILES string of the molecule is C=C1c2ccccc2Oc2ccc([I-]c3ccc4c(c3)C(=C)c3ccccc3O4)cc21. The normalized spacial score (nSPS) is 13.4. The molecule has 2 aliphatic rings. The number of benzene rings is 4. The van der Waals surface area contributed by atoms with Gasteiger partial charge in [0.05, 0.1) is 0 Å². The van der Waals surface area contributed by atoms with E-state index >= 15 is 0 Å². The third kappa shape index (κ3) is 3.08. The van der Waals surface area contributed by atoms with Crippen molar-refractivity contribution in [2.75, 3.05) is 0 Å². The van der Waals surface area contributed by atoms with E-state index in [0.717, 1.165) is 56.4 Å². The van der Waals surface area contributed by atoms with E-state index in [1.807, 2.05) is 36.4 Å². The first kappa shape index (κ1) is 18.5. The molecule has 0 radical (unpaired) electrons. The van der Waals surface area contributed by atoms with Crippen LogP contribution in [0, 0.1) is 7.14 Å². The van der Waals surface area contributed by atoms with Gasteiger partial charge in [0, 0.05) is 0 Å². The van der Waals surface area contributed by atoms with Crippen molar-refractivity contribution in [1.82, 2.24) is 0 Å². The van der Waals surface area contributed by atoms with Crippen LogP contribution in [0.25, 0.3) is 11.1 Å². The molecule has 0 unspecified atom stereocenters. The summed E-state index contributed by atoms with van der Waals surface area (Å²) in [7, 11) is 0. The summed E-state index contributed by atoms with van der Waals surface area (Å²) in [6, 6.07) is 29.1. The fraction of sp³-hybridized carbons (Fsp3) is 0. The fourth-order valence-corrected chi connectivity index (χ4v) is 6.41. The molecule has 6 rings (SSSR count). The molecule has 0 atom stereocenters. The van der Waals surface area contributed by atoms with Crippen molar-refractivity contribution >= 4 is 11.1 Å². The standard InChI is InChI=1S/C28H18IO2/c1-17-21-7-3-5-9-25(21)30-27-13-11-19(15-23(17)27)29-20-12-14-28-24(16-20)18(2)22-8-4-6-10-26(22)31-28/h3-16H,1-2H2/q-1. The Bertz CT molecular complexity index is 1290. The van der Waals surface area contributed by atoms with Gasteiger partial charge in [-0.25, -0.2) is 0 Å². The second kappa shape index (κ2) is 7.13. The minimum absolute atomic E-state index is 0.374. The summed E-state index contributed by atoms with van der Waals surface area (Å²) < 4.78 is 14.8. The number of rotatable bonds is 2. The van der Waals surface area contributed by atoms with E-state index in [-0.39, 0.29) is 21.2 Å². The summed E-state index contributed by atoms with van der Waals surface area (Å²) >= 11 is -0.374. The summed E-state index contributed by atoms with van der Waals surface area (Å²) in [5.41, 5.74) is 6.32. The average molecular weight is 513 g/mol. The third-order valence-electron chi connectivity index (χ3n) is 5.62. The van der Waals surface area contributed by atoms with Crippen molar-refractivity contribution in [1.29, 1.82) is 0 Å². The van der Waals surface area contributed by atoms with Gasteiger partial charge in [-0.1, -0.05) is 0 Å². The molecule has 150 valence electrons. The molecule has 0 aromatic heterocycles. The van der Waals surface area contributed by atoms with Crippen LogP contribution in [-0.2, 0) is 0 Å². The number of fused-ring (bicyclic) bond motifs is 4. The molecule has 2 heterocycles. The van der Waals surface area contributed by atoms with E-state index in [0.29, 0.717) is 0 Å². The molecule has 4 aromatic carbocycles. The Morgan fingerprint density at radius 2 is 0.903 bits per heavy atom. The molecule has 0 spiro atoms. The summed E-state index contributed by atoms with van der Waals surface area (Å²) in [6.45, 7) is 8.68. The third-order valence-corrected chi connectivity index (χ3v) is 8.20. The van der Waals surface area contributed by atoms with Crippen LogP contribution >= 0.6 is 0 Å². The maximum absolute atomic E-state index is 6.10. The summed E-state index contributed by atoms with van der Waals surface area (Å²) in [6.07, 6.45) is 0. The molecule has 0 amide bonds. The maximum atomic E-state index is 6.10. The zero-order chi connectivity index (χ0) is 20.9. The molecular weight excluding hydrogens is 495 g/mol. The Morgan fingerprint density at radius 3 is 1.39 bits per heavy atom. The van der Waals surface area contributed by atoms with E-state index in [1.54, 1.807) is 0 Å². The number of hydrogen-bond acceptors (Lipinski definition) is 2. The fourth-order valence-electron chi connectivity index (χ4n) is 4.03. The van der Waals surface area contributed by atoms with Gasteiger partial charge < -0.3 is 0 Å². The van der Waals surface area contributed by atoms with E-state index < -0.39 is 0 Å². The van der Waals surface area contributed by atoms with Crippen molar-refractivity contribution in [3.8, 4) is 23.0 Å². The van der Waals surface area contributed by atoms with Gasteiger partial charge >= 0.3 is 192 Å². The molecule has 0 saturated carbocycles. The van der Waals surface area contributed by atoms with Crippen LogP contribution in [0.5, 0.6) is 23.0 Å². The van der Waals surface area contributed by atoms with E-state index in [4.69, 9.17) is 9.47 Å². The molecule has 0 fully saturated rings. The molecule has 4 aromatic rings. The van der Waals surface area contributed by atoms with E-state index in [1.165, 1.54) is 7.14 Å². The van der Waals surface area contributed by atoms with Gasteiger partial charge in [-0.15, -0.1) is 0 Å². The quantitative estimate of drug-likeness (QED) is 0.324.